The highest BCUT2D eigenvalue weighted by Gasteiger charge is 2.20. The second-order valence-corrected chi connectivity index (χ2v) is 6.02. The lowest BCUT2D eigenvalue weighted by Gasteiger charge is -2.15. The average Bonchev–Trinajstić information content (AvgIpc) is 3.22. The molecule has 0 aliphatic rings. The molecule has 1 aromatic carbocycles. The molecule has 1 unspecified atom stereocenters. The van der Waals surface area contributed by atoms with Crippen LogP contribution in [0, 0.1) is 12.7 Å². The minimum Gasteiger partial charge on any atom is -0.350 e. The second-order valence-electron chi connectivity index (χ2n) is 6.02. The SMILES string of the molecule is CNC(C(=O)NCc1ccc(-n2ccnc2C)c(F)c1)c1cnn(C)c1.Cl.Cl. The van der Waals surface area contributed by atoms with Gasteiger partial charge in [-0.1, -0.05) is 6.07 Å². The van der Waals surface area contributed by atoms with Gasteiger partial charge in [-0.15, -0.1) is 24.8 Å². The molecule has 3 rings (SSSR count). The van der Waals surface area contributed by atoms with Crippen LogP contribution in [0.5, 0.6) is 0 Å². The van der Waals surface area contributed by atoms with E-state index in [9.17, 15) is 9.18 Å². The number of carbonyl (C=O) groups is 1. The monoisotopic (exact) mass is 428 g/mol. The molecule has 28 heavy (non-hydrogen) atoms. The fraction of sp³-hybridized carbons (Fsp3) is 0.278. The van der Waals surface area contributed by atoms with E-state index in [0.717, 1.165) is 5.56 Å². The maximum atomic E-state index is 14.4. The molecule has 2 N–H and O–H groups in total. The van der Waals surface area contributed by atoms with E-state index >= 15 is 0 Å². The van der Waals surface area contributed by atoms with Crippen LogP contribution in [0.3, 0.4) is 0 Å². The van der Waals surface area contributed by atoms with Crippen molar-refractivity contribution in [1.29, 1.82) is 0 Å². The van der Waals surface area contributed by atoms with E-state index in [0.29, 0.717) is 17.1 Å². The van der Waals surface area contributed by atoms with Crippen LogP contribution in [0.15, 0.2) is 43.0 Å². The van der Waals surface area contributed by atoms with Crippen molar-refractivity contribution in [2.45, 2.75) is 19.5 Å². The van der Waals surface area contributed by atoms with Crippen LogP contribution in [0.4, 0.5) is 4.39 Å². The standard InChI is InChI=1S/C18H21FN6O.2ClH/c1-12-21-6-7-25(12)16-5-4-13(8-15(16)19)9-22-18(26)17(20-2)14-10-23-24(3)11-14;;/h4-8,10-11,17,20H,9H2,1-3H3,(H,22,26);2*1H. The molecule has 2 heterocycles. The third-order valence-electron chi connectivity index (χ3n) is 4.17. The van der Waals surface area contributed by atoms with Crippen molar-refractivity contribution in [2.24, 2.45) is 7.05 Å². The number of rotatable bonds is 6. The lowest BCUT2D eigenvalue weighted by molar-refractivity contribution is -0.123. The number of likely N-dealkylation sites (N-methyl/N-ethyl adjacent to an activating group) is 1. The zero-order valence-electron chi connectivity index (χ0n) is 15.7. The molecule has 0 saturated carbocycles. The zero-order valence-corrected chi connectivity index (χ0v) is 17.4. The number of hydrogen-bond donors (Lipinski definition) is 2. The van der Waals surface area contributed by atoms with Crippen molar-refractivity contribution < 1.29 is 9.18 Å². The highest BCUT2D eigenvalue weighted by Crippen LogP contribution is 2.17. The molecular formula is C18H23Cl2FN6O. The minimum atomic E-state index is -0.513. The summed E-state index contributed by atoms with van der Waals surface area (Å²) in [5.41, 5.74) is 1.88. The van der Waals surface area contributed by atoms with Crippen molar-refractivity contribution in [1.82, 2.24) is 30.0 Å². The summed E-state index contributed by atoms with van der Waals surface area (Å²) in [4.78, 5) is 16.5. The highest BCUT2D eigenvalue weighted by molar-refractivity contribution is 5.85. The van der Waals surface area contributed by atoms with Crippen LogP contribution < -0.4 is 10.6 Å². The number of carbonyl (C=O) groups excluding carboxylic acids is 1. The van der Waals surface area contributed by atoms with Gasteiger partial charge in [0.2, 0.25) is 5.91 Å². The normalized spacial score (nSPS) is 11.3. The molecule has 0 aliphatic carbocycles. The molecular weight excluding hydrogens is 406 g/mol. The molecule has 0 saturated heterocycles. The summed E-state index contributed by atoms with van der Waals surface area (Å²) in [5.74, 6) is 0.143. The first kappa shape index (κ1) is 23.6. The van der Waals surface area contributed by atoms with Crippen LogP contribution in [0.25, 0.3) is 5.69 Å². The van der Waals surface area contributed by atoms with Crippen molar-refractivity contribution in [3.8, 4) is 5.69 Å². The van der Waals surface area contributed by atoms with Gasteiger partial charge in [-0.05, 0) is 31.7 Å². The number of halogens is 3. The van der Waals surface area contributed by atoms with Crippen LogP contribution in [0.1, 0.15) is 23.0 Å². The van der Waals surface area contributed by atoms with Gasteiger partial charge in [-0.3, -0.25) is 9.48 Å². The van der Waals surface area contributed by atoms with Gasteiger partial charge in [0.25, 0.3) is 0 Å². The fourth-order valence-electron chi connectivity index (χ4n) is 2.82. The van der Waals surface area contributed by atoms with Crippen molar-refractivity contribution in [3.05, 3.63) is 65.8 Å². The Kier molecular flexibility index (Phi) is 8.62. The number of imidazole rings is 1. The predicted molar refractivity (Wildman–Crippen MR) is 110 cm³/mol. The summed E-state index contributed by atoms with van der Waals surface area (Å²) in [6, 6.07) is 4.38. The number of amides is 1. The largest absolute Gasteiger partial charge is 0.350 e. The van der Waals surface area contributed by atoms with Gasteiger partial charge in [-0.25, -0.2) is 9.37 Å². The third-order valence-corrected chi connectivity index (χ3v) is 4.17. The summed E-state index contributed by atoms with van der Waals surface area (Å²) < 4.78 is 17.7. The van der Waals surface area contributed by atoms with Crippen LogP contribution in [0.2, 0.25) is 0 Å². The number of aromatic nitrogens is 4. The lowest BCUT2D eigenvalue weighted by atomic mass is 10.1. The molecule has 1 amide bonds. The Morgan fingerprint density at radius 1 is 1.32 bits per heavy atom. The zero-order chi connectivity index (χ0) is 18.7. The van der Waals surface area contributed by atoms with E-state index in [2.05, 4.69) is 20.7 Å². The van der Waals surface area contributed by atoms with Crippen molar-refractivity contribution in [3.63, 3.8) is 0 Å². The molecule has 0 bridgehead atoms. The first-order valence-corrected chi connectivity index (χ1v) is 8.22. The maximum absolute atomic E-state index is 14.4. The van der Waals surface area contributed by atoms with E-state index in [-0.39, 0.29) is 43.1 Å². The van der Waals surface area contributed by atoms with Gasteiger partial charge in [0.05, 0.1) is 11.9 Å². The van der Waals surface area contributed by atoms with Gasteiger partial charge < -0.3 is 15.2 Å². The van der Waals surface area contributed by atoms with Crippen molar-refractivity contribution in [2.75, 3.05) is 7.05 Å². The Bertz CT molecular complexity index is 926. The Morgan fingerprint density at radius 3 is 2.61 bits per heavy atom. The Morgan fingerprint density at radius 2 is 2.07 bits per heavy atom. The van der Waals surface area contributed by atoms with E-state index in [1.807, 2.05) is 6.92 Å². The molecule has 0 radical (unpaired) electrons. The fourth-order valence-corrected chi connectivity index (χ4v) is 2.82. The van der Waals surface area contributed by atoms with E-state index in [1.165, 1.54) is 6.07 Å². The third kappa shape index (κ3) is 5.09. The molecule has 2 aromatic heterocycles. The molecule has 152 valence electrons. The summed E-state index contributed by atoms with van der Waals surface area (Å²) in [7, 11) is 3.50. The molecule has 0 spiro atoms. The Labute approximate surface area is 175 Å². The molecule has 7 nitrogen and oxygen atoms in total. The topological polar surface area (TPSA) is 76.8 Å². The van der Waals surface area contributed by atoms with Crippen LogP contribution >= 0.6 is 24.8 Å². The first-order valence-electron chi connectivity index (χ1n) is 8.22. The number of nitrogens with one attached hydrogen (secondary N) is 2. The Balaban J connectivity index is 0.00000196. The second kappa shape index (κ2) is 10.2. The van der Waals surface area contributed by atoms with E-state index in [1.54, 1.807) is 60.3 Å². The number of aryl methyl sites for hydroxylation is 2. The van der Waals surface area contributed by atoms with Crippen LogP contribution in [-0.2, 0) is 18.4 Å². The Hall–Kier alpha value is -2.42. The smallest absolute Gasteiger partial charge is 0.242 e. The predicted octanol–water partition coefficient (Wildman–Crippen LogP) is 2.47. The first-order chi connectivity index (χ1) is 12.5. The van der Waals surface area contributed by atoms with Gasteiger partial charge in [-0.2, -0.15) is 5.10 Å². The molecule has 1 atom stereocenters. The van der Waals surface area contributed by atoms with Crippen molar-refractivity contribution >= 4 is 30.7 Å². The minimum absolute atomic E-state index is 0. The van der Waals surface area contributed by atoms with Gasteiger partial charge in [0, 0.05) is 37.7 Å². The summed E-state index contributed by atoms with van der Waals surface area (Å²) in [6.07, 6.45) is 6.76. The quantitative estimate of drug-likeness (QED) is 0.632. The number of benzene rings is 1. The van der Waals surface area contributed by atoms with E-state index in [4.69, 9.17) is 0 Å². The number of nitrogens with zero attached hydrogens (tertiary/aromatic N) is 4. The summed E-state index contributed by atoms with van der Waals surface area (Å²) in [5, 5.41) is 9.87. The van der Waals surface area contributed by atoms with Gasteiger partial charge >= 0.3 is 0 Å². The van der Waals surface area contributed by atoms with Gasteiger partial charge in [0.1, 0.15) is 17.7 Å². The highest BCUT2D eigenvalue weighted by atomic mass is 35.5. The van der Waals surface area contributed by atoms with Crippen LogP contribution in [-0.4, -0.2) is 32.3 Å². The molecule has 10 heteroatoms. The maximum Gasteiger partial charge on any atom is 0.242 e. The lowest BCUT2D eigenvalue weighted by Crippen LogP contribution is -2.35. The molecule has 0 fully saturated rings. The van der Waals surface area contributed by atoms with E-state index < -0.39 is 6.04 Å². The number of hydrogen-bond acceptors (Lipinski definition) is 4. The summed E-state index contributed by atoms with van der Waals surface area (Å²) in [6.45, 7) is 2.04. The van der Waals surface area contributed by atoms with Gasteiger partial charge in [0.15, 0.2) is 0 Å². The average molecular weight is 429 g/mol. The molecule has 0 aliphatic heterocycles. The molecule has 3 aromatic rings. The summed E-state index contributed by atoms with van der Waals surface area (Å²) >= 11 is 0.